The summed E-state index contributed by atoms with van der Waals surface area (Å²) in [6, 6.07) is 9.33. The first-order chi connectivity index (χ1) is 13.3. The topological polar surface area (TPSA) is 112 Å². The van der Waals surface area contributed by atoms with Crippen LogP contribution in [0.15, 0.2) is 34.0 Å². The smallest absolute Gasteiger partial charge is 0.310 e. The van der Waals surface area contributed by atoms with Crippen LogP contribution in [0.5, 0.6) is 0 Å². The van der Waals surface area contributed by atoms with Gasteiger partial charge in [-0.3, -0.25) is 14.2 Å². The first-order valence-corrected chi connectivity index (χ1v) is 8.82. The van der Waals surface area contributed by atoms with Crippen molar-refractivity contribution in [2.75, 3.05) is 11.4 Å². The monoisotopic (exact) mass is 379 g/mol. The Morgan fingerprint density at radius 1 is 1.14 bits per heavy atom. The molecule has 28 heavy (non-hydrogen) atoms. The number of aryl methyl sites for hydroxylation is 3. The Hall–Kier alpha value is -3.65. The van der Waals surface area contributed by atoms with Gasteiger partial charge in [0.05, 0.1) is 12.5 Å². The minimum absolute atomic E-state index is 0.102. The summed E-state index contributed by atoms with van der Waals surface area (Å²) in [5, 5.41) is 18.1. The highest BCUT2D eigenvalue weighted by Gasteiger charge is 2.20. The molecule has 1 aromatic carbocycles. The first kappa shape index (κ1) is 20.7. The van der Waals surface area contributed by atoms with E-state index < -0.39 is 23.7 Å². The van der Waals surface area contributed by atoms with E-state index in [-0.39, 0.29) is 25.1 Å². The third kappa shape index (κ3) is 4.36. The fourth-order valence-electron chi connectivity index (χ4n) is 2.98. The summed E-state index contributed by atoms with van der Waals surface area (Å²) in [7, 11) is 0. The summed E-state index contributed by atoms with van der Waals surface area (Å²) < 4.78 is 1.98. The van der Waals surface area contributed by atoms with Crippen LogP contribution in [-0.4, -0.2) is 21.6 Å². The fourth-order valence-corrected chi connectivity index (χ4v) is 2.98. The molecule has 1 aromatic heterocycles. The van der Waals surface area contributed by atoms with E-state index in [9.17, 15) is 14.4 Å². The first-order valence-electron chi connectivity index (χ1n) is 8.82. The van der Waals surface area contributed by atoms with Crippen LogP contribution in [0.4, 0.5) is 5.69 Å². The quantitative estimate of drug-likeness (QED) is 0.754. The molecule has 0 aliphatic rings. The number of hydrogen-bond donors (Lipinski definition) is 0. The zero-order valence-electron chi connectivity index (χ0n) is 16.1. The van der Waals surface area contributed by atoms with Gasteiger partial charge in [-0.1, -0.05) is 6.07 Å². The fraction of sp³-hybridized carbons (Fsp3) is 0.350. The zero-order chi connectivity index (χ0) is 20.8. The zero-order valence-corrected chi connectivity index (χ0v) is 16.1. The average molecular weight is 379 g/mol. The van der Waals surface area contributed by atoms with Crippen molar-refractivity contribution < 1.29 is 4.79 Å². The van der Waals surface area contributed by atoms with Crippen molar-refractivity contribution in [1.29, 1.82) is 10.5 Å². The van der Waals surface area contributed by atoms with Gasteiger partial charge in [-0.05, 0) is 44.0 Å². The number of nitrogens with zero attached hydrogens (tertiary/aromatic N) is 5. The summed E-state index contributed by atoms with van der Waals surface area (Å²) in [6.07, 6.45) is 1.30. The molecule has 1 amide bonds. The molecule has 0 aliphatic carbocycles. The van der Waals surface area contributed by atoms with Crippen LogP contribution in [0, 0.1) is 36.5 Å². The molecule has 0 N–H and O–H groups in total. The van der Waals surface area contributed by atoms with Gasteiger partial charge < -0.3 is 4.90 Å². The standard InChI is InChI=1S/C20H21N5O3/c1-4-23-12-16(11-22)19(27)25(20(23)28)13-18(26)24(7-5-6-21)17-9-14(2)8-15(3)10-17/h8-10,12H,4-5,7,13H2,1-3H3. The molecule has 144 valence electrons. The van der Waals surface area contributed by atoms with E-state index in [4.69, 9.17) is 10.5 Å². The van der Waals surface area contributed by atoms with Gasteiger partial charge in [-0.25, -0.2) is 9.36 Å². The van der Waals surface area contributed by atoms with Crippen LogP contribution in [0.3, 0.4) is 0 Å². The lowest BCUT2D eigenvalue weighted by Crippen LogP contribution is -2.45. The van der Waals surface area contributed by atoms with Crippen molar-refractivity contribution in [2.24, 2.45) is 0 Å². The van der Waals surface area contributed by atoms with Crippen molar-refractivity contribution in [3.8, 4) is 12.1 Å². The van der Waals surface area contributed by atoms with Gasteiger partial charge in [-0.15, -0.1) is 0 Å². The van der Waals surface area contributed by atoms with Gasteiger partial charge in [0.25, 0.3) is 5.56 Å². The summed E-state index contributed by atoms with van der Waals surface area (Å²) >= 11 is 0. The molecule has 1 heterocycles. The van der Waals surface area contributed by atoms with E-state index in [0.29, 0.717) is 5.69 Å². The van der Waals surface area contributed by atoms with Crippen molar-refractivity contribution in [2.45, 2.75) is 40.3 Å². The molecule has 8 nitrogen and oxygen atoms in total. The third-order valence-electron chi connectivity index (χ3n) is 4.26. The van der Waals surface area contributed by atoms with Crippen LogP contribution >= 0.6 is 0 Å². The minimum Gasteiger partial charge on any atom is -0.310 e. The number of amides is 1. The number of carbonyl (C=O) groups excluding carboxylic acids is 1. The Balaban J connectivity index is 2.50. The number of rotatable bonds is 6. The third-order valence-corrected chi connectivity index (χ3v) is 4.26. The lowest BCUT2D eigenvalue weighted by atomic mass is 10.1. The largest absolute Gasteiger partial charge is 0.331 e. The minimum atomic E-state index is -0.800. The Morgan fingerprint density at radius 3 is 2.32 bits per heavy atom. The molecule has 0 radical (unpaired) electrons. The Kier molecular flexibility index (Phi) is 6.51. The molecule has 8 heteroatoms. The summed E-state index contributed by atoms with van der Waals surface area (Å²) in [4.78, 5) is 39.3. The highest BCUT2D eigenvalue weighted by molar-refractivity contribution is 5.93. The number of aromatic nitrogens is 2. The molecule has 0 bridgehead atoms. The van der Waals surface area contributed by atoms with Gasteiger partial charge in [0.2, 0.25) is 5.91 Å². The number of anilines is 1. The van der Waals surface area contributed by atoms with E-state index in [1.54, 1.807) is 25.1 Å². The second-order valence-electron chi connectivity index (χ2n) is 6.41. The Labute approximate surface area is 162 Å². The summed E-state index contributed by atoms with van der Waals surface area (Å²) in [5.41, 5.74) is 0.831. The van der Waals surface area contributed by atoms with Gasteiger partial charge >= 0.3 is 5.69 Å². The number of carbonyl (C=O) groups is 1. The van der Waals surface area contributed by atoms with Crippen molar-refractivity contribution >= 4 is 11.6 Å². The molecule has 0 spiro atoms. The number of benzene rings is 1. The molecule has 0 unspecified atom stereocenters. The van der Waals surface area contributed by atoms with Crippen LogP contribution in [0.2, 0.25) is 0 Å². The highest BCUT2D eigenvalue weighted by Crippen LogP contribution is 2.19. The van der Waals surface area contributed by atoms with Gasteiger partial charge in [0, 0.05) is 25.0 Å². The second kappa shape index (κ2) is 8.83. The average Bonchev–Trinajstić information content (AvgIpc) is 2.65. The van der Waals surface area contributed by atoms with Crippen LogP contribution in [0.25, 0.3) is 0 Å². The molecule has 0 saturated heterocycles. The van der Waals surface area contributed by atoms with Crippen LogP contribution in [-0.2, 0) is 17.9 Å². The summed E-state index contributed by atoms with van der Waals surface area (Å²) in [6.45, 7) is 5.37. The maximum atomic E-state index is 13.0. The van der Waals surface area contributed by atoms with Gasteiger partial charge in [0.1, 0.15) is 18.2 Å². The molecular formula is C20H21N5O3. The van der Waals surface area contributed by atoms with E-state index in [0.717, 1.165) is 15.7 Å². The summed E-state index contributed by atoms with van der Waals surface area (Å²) in [5.74, 6) is -0.503. The number of nitriles is 2. The molecule has 0 atom stereocenters. The van der Waals surface area contributed by atoms with Crippen molar-refractivity contribution in [3.05, 3.63) is 61.9 Å². The van der Waals surface area contributed by atoms with E-state index in [2.05, 4.69) is 0 Å². The maximum absolute atomic E-state index is 13.0. The van der Waals surface area contributed by atoms with Gasteiger partial charge in [0.15, 0.2) is 0 Å². The molecule has 0 aliphatic heterocycles. The predicted molar refractivity (Wildman–Crippen MR) is 104 cm³/mol. The van der Waals surface area contributed by atoms with E-state index in [1.807, 2.05) is 26.0 Å². The van der Waals surface area contributed by atoms with Crippen LogP contribution < -0.4 is 16.1 Å². The van der Waals surface area contributed by atoms with Crippen LogP contribution in [0.1, 0.15) is 30.0 Å². The lowest BCUT2D eigenvalue weighted by Gasteiger charge is -2.23. The molecule has 0 saturated carbocycles. The molecule has 2 aromatic rings. The highest BCUT2D eigenvalue weighted by atomic mass is 16.2. The van der Waals surface area contributed by atoms with E-state index in [1.165, 1.54) is 15.7 Å². The normalized spacial score (nSPS) is 10.2. The Morgan fingerprint density at radius 2 is 1.79 bits per heavy atom. The Bertz CT molecular complexity index is 1080. The number of hydrogen-bond acceptors (Lipinski definition) is 5. The molecule has 0 fully saturated rings. The maximum Gasteiger partial charge on any atom is 0.331 e. The van der Waals surface area contributed by atoms with E-state index >= 15 is 0 Å². The molecule has 2 rings (SSSR count). The van der Waals surface area contributed by atoms with Crippen molar-refractivity contribution in [3.63, 3.8) is 0 Å². The second-order valence-corrected chi connectivity index (χ2v) is 6.41. The van der Waals surface area contributed by atoms with Crippen molar-refractivity contribution in [1.82, 2.24) is 9.13 Å². The SMILES string of the molecule is CCn1cc(C#N)c(=O)n(CC(=O)N(CCC#N)c2cc(C)cc(C)c2)c1=O. The van der Waals surface area contributed by atoms with Gasteiger partial charge in [-0.2, -0.15) is 10.5 Å². The molecular weight excluding hydrogens is 358 g/mol. The lowest BCUT2D eigenvalue weighted by molar-refractivity contribution is -0.119. The predicted octanol–water partition coefficient (Wildman–Crippen LogP) is 1.47.